The van der Waals surface area contributed by atoms with Gasteiger partial charge in [-0.2, -0.15) is 0 Å². The van der Waals surface area contributed by atoms with Crippen LogP contribution in [0.5, 0.6) is 0 Å². The lowest BCUT2D eigenvalue weighted by molar-refractivity contribution is 0.103. The van der Waals surface area contributed by atoms with Crippen molar-refractivity contribution in [3.05, 3.63) is 63.9 Å². The van der Waals surface area contributed by atoms with Gasteiger partial charge in [0.05, 0.1) is 17.6 Å². The summed E-state index contributed by atoms with van der Waals surface area (Å²) in [7, 11) is 0. The van der Waals surface area contributed by atoms with Crippen LogP contribution in [-0.2, 0) is 11.3 Å². The van der Waals surface area contributed by atoms with E-state index in [1.165, 1.54) is 0 Å². The van der Waals surface area contributed by atoms with Crippen molar-refractivity contribution >= 4 is 34.2 Å². The first-order chi connectivity index (χ1) is 11.2. The molecule has 5 heteroatoms. The Balaban J connectivity index is 1.85. The minimum Gasteiger partial charge on any atom is -0.370 e. The van der Waals surface area contributed by atoms with Crippen molar-refractivity contribution in [3.8, 4) is 0 Å². The van der Waals surface area contributed by atoms with Gasteiger partial charge in [0, 0.05) is 22.2 Å². The van der Waals surface area contributed by atoms with Crippen molar-refractivity contribution in [2.45, 2.75) is 25.5 Å². The molecule has 0 aliphatic carbocycles. The van der Waals surface area contributed by atoms with Crippen molar-refractivity contribution in [1.82, 2.24) is 9.55 Å². The second-order valence-electron chi connectivity index (χ2n) is 5.75. The summed E-state index contributed by atoms with van der Waals surface area (Å²) in [6, 6.07) is 13.7. The average Bonchev–Trinajstić information content (AvgIpc) is 3.19. The van der Waals surface area contributed by atoms with Crippen LogP contribution < -0.4 is 0 Å². The van der Waals surface area contributed by atoms with Gasteiger partial charge in [-0.1, -0.05) is 41.4 Å². The van der Waals surface area contributed by atoms with Crippen LogP contribution in [0.2, 0.25) is 10.0 Å². The third kappa shape index (κ3) is 2.74. The van der Waals surface area contributed by atoms with Gasteiger partial charge in [-0.15, -0.1) is 0 Å². The number of para-hydroxylation sites is 2. The summed E-state index contributed by atoms with van der Waals surface area (Å²) in [4.78, 5) is 4.80. The Morgan fingerprint density at radius 1 is 1.09 bits per heavy atom. The Kier molecular flexibility index (Phi) is 4.02. The predicted molar refractivity (Wildman–Crippen MR) is 93.2 cm³/mol. The van der Waals surface area contributed by atoms with Crippen LogP contribution in [0.1, 0.15) is 30.3 Å². The summed E-state index contributed by atoms with van der Waals surface area (Å²) in [6.45, 7) is 1.38. The molecule has 0 radical (unpaired) electrons. The molecule has 23 heavy (non-hydrogen) atoms. The zero-order chi connectivity index (χ0) is 15.8. The first-order valence-electron chi connectivity index (χ1n) is 7.73. The fourth-order valence-electron chi connectivity index (χ4n) is 3.13. The number of hydrogen-bond donors (Lipinski definition) is 0. The Labute approximate surface area is 144 Å². The molecule has 0 N–H and O–H groups in total. The number of fused-ring (bicyclic) bond motifs is 1. The number of benzene rings is 2. The molecule has 0 bridgehead atoms. The van der Waals surface area contributed by atoms with E-state index in [0.717, 1.165) is 41.9 Å². The maximum Gasteiger partial charge on any atom is 0.139 e. The standard InChI is InChI=1S/C18H16Cl2N2O/c19-13-5-3-6-14(20)12(13)11-22-16-8-2-1-7-15(16)21-18(22)17-9-4-10-23-17/h1-3,5-8,17H,4,9-11H2. The van der Waals surface area contributed by atoms with E-state index in [0.29, 0.717) is 16.6 Å². The van der Waals surface area contributed by atoms with Gasteiger partial charge in [-0.05, 0) is 37.1 Å². The third-order valence-electron chi connectivity index (χ3n) is 4.28. The molecule has 0 spiro atoms. The molecule has 1 atom stereocenters. The van der Waals surface area contributed by atoms with Crippen LogP contribution in [0, 0.1) is 0 Å². The second-order valence-corrected chi connectivity index (χ2v) is 6.56. The molecule has 1 aliphatic heterocycles. The van der Waals surface area contributed by atoms with E-state index in [4.69, 9.17) is 32.9 Å². The number of hydrogen-bond acceptors (Lipinski definition) is 2. The highest BCUT2D eigenvalue weighted by Gasteiger charge is 2.25. The first kappa shape index (κ1) is 15.0. The SMILES string of the molecule is Clc1cccc(Cl)c1Cn1c(C2CCCO2)nc2ccccc21. The fraction of sp³-hybridized carbons (Fsp3) is 0.278. The van der Waals surface area contributed by atoms with Crippen molar-refractivity contribution < 1.29 is 4.74 Å². The minimum absolute atomic E-state index is 0.0451. The number of rotatable bonds is 3. The van der Waals surface area contributed by atoms with Gasteiger partial charge in [0.15, 0.2) is 0 Å². The first-order valence-corrected chi connectivity index (χ1v) is 8.49. The Bertz CT molecular complexity index is 833. The molecule has 2 heterocycles. The Morgan fingerprint density at radius 3 is 2.61 bits per heavy atom. The average molecular weight is 347 g/mol. The monoisotopic (exact) mass is 346 g/mol. The lowest BCUT2D eigenvalue weighted by Crippen LogP contribution is -2.10. The zero-order valence-corrected chi connectivity index (χ0v) is 14.0. The van der Waals surface area contributed by atoms with E-state index in [1.54, 1.807) is 0 Å². The smallest absolute Gasteiger partial charge is 0.139 e. The van der Waals surface area contributed by atoms with Crippen LogP contribution in [0.3, 0.4) is 0 Å². The molecule has 1 aliphatic rings. The van der Waals surface area contributed by atoms with Crippen molar-refractivity contribution in [2.24, 2.45) is 0 Å². The molecule has 1 aromatic heterocycles. The molecule has 1 saturated heterocycles. The van der Waals surface area contributed by atoms with E-state index in [2.05, 4.69) is 10.6 Å². The summed E-state index contributed by atoms with van der Waals surface area (Å²) in [5.41, 5.74) is 2.97. The molecular weight excluding hydrogens is 331 g/mol. The van der Waals surface area contributed by atoms with E-state index in [-0.39, 0.29) is 6.10 Å². The number of ether oxygens (including phenoxy) is 1. The van der Waals surface area contributed by atoms with Gasteiger partial charge in [0.25, 0.3) is 0 Å². The van der Waals surface area contributed by atoms with Crippen LogP contribution in [0.25, 0.3) is 11.0 Å². The minimum atomic E-state index is 0.0451. The molecule has 1 unspecified atom stereocenters. The maximum atomic E-state index is 6.36. The fourth-order valence-corrected chi connectivity index (χ4v) is 3.65. The molecule has 1 fully saturated rings. The molecule has 0 saturated carbocycles. The van der Waals surface area contributed by atoms with Crippen LogP contribution in [0.4, 0.5) is 0 Å². The third-order valence-corrected chi connectivity index (χ3v) is 4.99. The van der Waals surface area contributed by atoms with Gasteiger partial charge in [0.2, 0.25) is 0 Å². The molecule has 0 amide bonds. The summed E-state index contributed by atoms with van der Waals surface area (Å²) in [6.07, 6.45) is 2.11. The summed E-state index contributed by atoms with van der Waals surface area (Å²) in [5, 5.41) is 1.35. The second kappa shape index (κ2) is 6.16. The molecule has 3 aromatic rings. The maximum absolute atomic E-state index is 6.36. The highest BCUT2D eigenvalue weighted by molar-refractivity contribution is 6.36. The number of imidazole rings is 1. The topological polar surface area (TPSA) is 27.1 Å². The molecule has 4 rings (SSSR count). The largest absolute Gasteiger partial charge is 0.370 e. The highest BCUT2D eigenvalue weighted by Crippen LogP contribution is 2.33. The normalized spacial score (nSPS) is 17.9. The van der Waals surface area contributed by atoms with E-state index in [1.807, 2.05) is 36.4 Å². The van der Waals surface area contributed by atoms with Gasteiger partial charge in [0.1, 0.15) is 11.9 Å². The lowest BCUT2D eigenvalue weighted by Gasteiger charge is -2.15. The Morgan fingerprint density at radius 2 is 1.87 bits per heavy atom. The number of halogens is 2. The van der Waals surface area contributed by atoms with Crippen molar-refractivity contribution in [3.63, 3.8) is 0 Å². The van der Waals surface area contributed by atoms with Crippen molar-refractivity contribution in [1.29, 1.82) is 0 Å². The predicted octanol–water partition coefficient (Wildman–Crippen LogP) is 5.24. The Hall–Kier alpha value is -1.55. The van der Waals surface area contributed by atoms with Gasteiger partial charge in [-0.25, -0.2) is 4.98 Å². The van der Waals surface area contributed by atoms with E-state index in [9.17, 15) is 0 Å². The van der Waals surface area contributed by atoms with Gasteiger partial charge < -0.3 is 9.30 Å². The van der Waals surface area contributed by atoms with E-state index >= 15 is 0 Å². The molecule has 3 nitrogen and oxygen atoms in total. The molecule has 2 aromatic carbocycles. The summed E-state index contributed by atoms with van der Waals surface area (Å²) < 4.78 is 8.04. The lowest BCUT2D eigenvalue weighted by atomic mass is 10.2. The summed E-state index contributed by atoms with van der Waals surface area (Å²) >= 11 is 12.7. The van der Waals surface area contributed by atoms with E-state index < -0.39 is 0 Å². The number of aromatic nitrogens is 2. The van der Waals surface area contributed by atoms with Crippen molar-refractivity contribution in [2.75, 3.05) is 6.61 Å². The van der Waals surface area contributed by atoms with Crippen LogP contribution >= 0.6 is 23.2 Å². The highest BCUT2D eigenvalue weighted by atomic mass is 35.5. The molecule has 118 valence electrons. The number of nitrogens with zero attached hydrogens (tertiary/aromatic N) is 2. The van der Waals surface area contributed by atoms with Gasteiger partial charge in [-0.3, -0.25) is 0 Å². The summed E-state index contributed by atoms with van der Waals surface area (Å²) in [5.74, 6) is 0.958. The van der Waals surface area contributed by atoms with Gasteiger partial charge >= 0.3 is 0 Å². The zero-order valence-electron chi connectivity index (χ0n) is 12.5. The molecular formula is C18H16Cl2N2O. The van der Waals surface area contributed by atoms with Crippen LogP contribution in [-0.4, -0.2) is 16.2 Å². The quantitative estimate of drug-likeness (QED) is 0.648. The van der Waals surface area contributed by atoms with Crippen LogP contribution in [0.15, 0.2) is 42.5 Å².